The van der Waals surface area contributed by atoms with Crippen molar-refractivity contribution >= 4 is 17.5 Å². The molecule has 2 heterocycles. The number of nitrogens with zero attached hydrogens (tertiary/aromatic N) is 3. The van der Waals surface area contributed by atoms with Gasteiger partial charge in [-0.05, 0) is 45.0 Å². The van der Waals surface area contributed by atoms with Crippen molar-refractivity contribution < 1.29 is 14.3 Å². The minimum Gasteiger partial charge on any atom is -0.477 e. The Bertz CT molecular complexity index is 804. The molecule has 1 saturated heterocycles. The van der Waals surface area contributed by atoms with Gasteiger partial charge < -0.3 is 14.5 Å². The van der Waals surface area contributed by atoms with Crippen LogP contribution in [0.5, 0.6) is 5.88 Å². The Morgan fingerprint density at radius 1 is 1.27 bits per heavy atom. The average Bonchev–Trinajstić information content (AvgIpc) is 2.64. The van der Waals surface area contributed by atoms with Gasteiger partial charge in [-0.25, -0.2) is 4.98 Å². The van der Waals surface area contributed by atoms with E-state index in [0.29, 0.717) is 24.6 Å². The summed E-state index contributed by atoms with van der Waals surface area (Å²) in [5, 5.41) is 0. The molecule has 26 heavy (non-hydrogen) atoms. The topological polar surface area (TPSA) is 62.7 Å². The SMILES string of the molecule is CCOc1ncccc1C(=O)N1CC(=O)N(c2ccc(C)cc2)C[C@H]1C. The van der Waals surface area contributed by atoms with E-state index in [2.05, 4.69) is 4.98 Å². The second-order valence-corrected chi connectivity index (χ2v) is 6.41. The minimum absolute atomic E-state index is 0.0360. The van der Waals surface area contributed by atoms with Gasteiger partial charge in [0.25, 0.3) is 5.91 Å². The number of hydrogen-bond acceptors (Lipinski definition) is 4. The highest BCUT2D eigenvalue weighted by Gasteiger charge is 2.34. The van der Waals surface area contributed by atoms with Gasteiger partial charge in [0.15, 0.2) is 0 Å². The molecule has 0 spiro atoms. The zero-order valence-electron chi connectivity index (χ0n) is 15.3. The summed E-state index contributed by atoms with van der Waals surface area (Å²) in [4.78, 5) is 33.1. The molecule has 0 aliphatic carbocycles. The van der Waals surface area contributed by atoms with Crippen molar-refractivity contribution in [3.05, 3.63) is 53.7 Å². The molecule has 0 unspecified atom stereocenters. The Kier molecular flexibility index (Phi) is 5.21. The van der Waals surface area contributed by atoms with E-state index < -0.39 is 0 Å². The zero-order chi connectivity index (χ0) is 18.7. The molecule has 1 atom stereocenters. The fourth-order valence-electron chi connectivity index (χ4n) is 3.06. The molecule has 1 aromatic heterocycles. The third-order valence-corrected chi connectivity index (χ3v) is 4.47. The maximum atomic E-state index is 13.0. The molecule has 0 N–H and O–H groups in total. The predicted molar refractivity (Wildman–Crippen MR) is 99.4 cm³/mol. The molecule has 136 valence electrons. The summed E-state index contributed by atoms with van der Waals surface area (Å²) in [6.45, 7) is 6.71. The number of anilines is 1. The van der Waals surface area contributed by atoms with E-state index >= 15 is 0 Å². The normalized spacial score (nSPS) is 17.3. The van der Waals surface area contributed by atoms with Crippen LogP contribution in [0.1, 0.15) is 29.8 Å². The van der Waals surface area contributed by atoms with Gasteiger partial charge in [0, 0.05) is 24.5 Å². The Morgan fingerprint density at radius 2 is 2.00 bits per heavy atom. The largest absolute Gasteiger partial charge is 0.477 e. The van der Waals surface area contributed by atoms with E-state index in [0.717, 1.165) is 11.3 Å². The molecule has 3 rings (SSSR count). The number of amides is 2. The highest BCUT2D eigenvalue weighted by Crippen LogP contribution is 2.24. The number of ether oxygens (including phenoxy) is 1. The summed E-state index contributed by atoms with van der Waals surface area (Å²) in [6.07, 6.45) is 1.59. The molecular formula is C20H23N3O3. The number of piperazine rings is 1. The lowest BCUT2D eigenvalue weighted by Gasteiger charge is -2.39. The quantitative estimate of drug-likeness (QED) is 0.848. The van der Waals surface area contributed by atoms with Crippen LogP contribution < -0.4 is 9.64 Å². The number of pyridine rings is 1. The second-order valence-electron chi connectivity index (χ2n) is 6.41. The van der Waals surface area contributed by atoms with Crippen LogP contribution in [0.4, 0.5) is 5.69 Å². The zero-order valence-corrected chi connectivity index (χ0v) is 15.3. The molecule has 0 saturated carbocycles. The van der Waals surface area contributed by atoms with Crippen LogP contribution in [-0.2, 0) is 4.79 Å². The predicted octanol–water partition coefficient (Wildman–Crippen LogP) is 2.67. The molecular weight excluding hydrogens is 330 g/mol. The van der Waals surface area contributed by atoms with Gasteiger partial charge in [-0.15, -0.1) is 0 Å². The number of rotatable bonds is 4. The molecule has 6 heteroatoms. The number of carbonyl (C=O) groups is 2. The third kappa shape index (κ3) is 3.54. The van der Waals surface area contributed by atoms with Crippen LogP contribution in [0.15, 0.2) is 42.6 Å². The first-order valence-corrected chi connectivity index (χ1v) is 8.77. The monoisotopic (exact) mass is 353 g/mol. The molecule has 6 nitrogen and oxygen atoms in total. The standard InChI is InChI=1S/C20H23N3O3/c1-4-26-19-17(6-5-11-21-19)20(25)22-13-18(24)23(12-15(22)3)16-9-7-14(2)8-10-16/h5-11,15H,4,12-13H2,1-3H3/t15-/m1/s1. The summed E-state index contributed by atoms with van der Waals surface area (Å²) in [5.74, 6) is -0.0197. The molecule has 1 aliphatic rings. The van der Waals surface area contributed by atoms with Crippen molar-refractivity contribution in [1.82, 2.24) is 9.88 Å². The number of benzene rings is 1. The summed E-state index contributed by atoms with van der Waals surface area (Å²) >= 11 is 0. The Morgan fingerprint density at radius 3 is 2.69 bits per heavy atom. The summed E-state index contributed by atoms with van der Waals surface area (Å²) in [5.41, 5.74) is 2.39. The molecule has 1 aromatic carbocycles. The molecule has 2 aromatic rings. The van der Waals surface area contributed by atoms with Crippen molar-refractivity contribution in [2.75, 3.05) is 24.6 Å². The van der Waals surface area contributed by atoms with Crippen LogP contribution in [0.3, 0.4) is 0 Å². The van der Waals surface area contributed by atoms with E-state index in [1.807, 2.05) is 45.0 Å². The number of aryl methyl sites for hydroxylation is 1. The van der Waals surface area contributed by atoms with Gasteiger partial charge in [-0.1, -0.05) is 17.7 Å². The third-order valence-electron chi connectivity index (χ3n) is 4.47. The molecule has 0 bridgehead atoms. The number of aromatic nitrogens is 1. The van der Waals surface area contributed by atoms with Gasteiger partial charge >= 0.3 is 0 Å². The van der Waals surface area contributed by atoms with Gasteiger partial charge in [0.2, 0.25) is 11.8 Å². The van der Waals surface area contributed by atoms with Crippen LogP contribution in [0.2, 0.25) is 0 Å². The van der Waals surface area contributed by atoms with Gasteiger partial charge in [0.05, 0.1) is 6.61 Å². The van der Waals surface area contributed by atoms with Crippen LogP contribution in [-0.4, -0.2) is 47.4 Å². The van der Waals surface area contributed by atoms with Gasteiger partial charge in [-0.3, -0.25) is 9.59 Å². The van der Waals surface area contributed by atoms with Crippen molar-refractivity contribution in [3.63, 3.8) is 0 Å². The lowest BCUT2D eigenvalue weighted by molar-refractivity contribution is -0.121. The van der Waals surface area contributed by atoms with Crippen LogP contribution >= 0.6 is 0 Å². The van der Waals surface area contributed by atoms with Crippen LogP contribution in [0.25, 0.3) is 0 Å². The summed E-state index contributed by atoms with van der Waals surface area (Å²) < 4.78 is 5.46. The average molecular weight is 353 g/mol. The first-order chi connectivity index (χ1) is 12.5. The second kappa shape index (κ2) is 7.56. The summed E-state index contributed by atoms with van der Waals surface area (Å²) in [7, 11) is 0. The molecule has 2 amide bonds. The highest BCUT2D eigenvalue weighted by molar-refractivity contribution is 6.02. The lowest BCUT2D eigenvalue weighted by atomic mass is 10.1. The van der Waals surface area contributed by atoms with Gasteiger partial charge in [0.1, 0.15) is 12.1 Å². The Hall–Kier alpha value is -2.89. The van der Waals surface area contributed by atoms with E-state index in [9.17, 15) is 9.59 Å². The maximum Gasteiger partial charge on any atom is 0.260 e. The smallest absolute Gasteiger partial charge is 0.260 e. The minimum atomic E-state index is -0.231. The van der Waals surface area contributed by atoms with E-state index in [4.69, 9.17) is 4.74 Å². The molecule has 1 aliphatic heterocycles. The first kappa shape index (κ1) is 17.9. The van der Waals surface area contributed by atoms with E-state index in [-0.39, 0.29) is 24.4 Å². The summed E-state index contributed by atoms with van der Waals surface area (Å²) in [6, 6.07) is 11.1. The number of carbonyl (C=O) groups excluding carboxylic acids is 2. The van der Waals surface area contributed by atoms with E-state index in [1.54, 1.807) is 28.1 Å². The van der Waals surface area contributed by atoms with E-state index in [1.165, 1.54) is 0 Å². The fraction of sp³-hybridized carbons (Fsp3) is 0.350. The molecule has 1 fully saturated rings. The molecule has 0 radical (unpaired) electrons. The maximum absolute atomic E-state index is 13.0. The fourth-order valence-corrected chi connectivity index (χ4v) is 3.06. The Balaban J connectivity index is 1.80. The van der Waals surface area contributed by atoms with Crippen molar-refractivity contribution in [2.24, 2.45) is 0 Å². The van der Waals surface area contributed by atoms with Crippen LogP contribution in [0, 0.1) is 6.92 Å². The first-order valence-electron chi connectivity index (χ1n) is 8.77. The van der Waals surface area contributed by atoms with Crippen molar-refractivity contribution in [1.29, 1.82) is 0 Å². The van der Waals surface area contributed by atoms with Crippen molar-refractivity contribution in [2.45, 2.75) is 26.8 Å². The lowest BCUT2D eigenvalue weighted by Crippen LogP contribution is -2.57. The number of hydrogen-bond donors (Lipinski definition) is 0. The van der Waals surface area contributed by atoms with Gasteiger partial charge in [-0.2, -0.15) is 0 Å². The highest BCUT2D eigenvalue weighted by atomic mass is 16.5. The Labute approximate surface area is 153 Å². The van der Waals surface area contributed by atoms with Crippen molar-refractivity contribution in [3.8, 4) is 5.88 Å².